The maximum absolute atomic E-state index is 11.7. The van der Waals surface area contributed by atoms with Crippen molar-refractivity contribution in [2.24, 2.45) is 0 Å². The van der Waals surface area contributed by atoms with Crippen molar-refractivity contribution in [2.75, 3.05) is 7.11 Å². The highest BCUT2D eigenvalue weighted by Crippen LogP contribution is 2.10. The van der Waals surface area contributed by atoms with E-state index in [1.54, 1.807) is 6.07 Å². The molecule has 0 aliphatic carbocycles. The molecule has 1 rings (SSSR count). The maximum Gasteiger partial charge on any atom is 0.340 e. The van der Waals surface area contributed by atoms with E-state index in [0.717, 1.165) is 0 Å². The lowest BCUT2D eigenvalue weighted by atomic mass is 10.1. The number of ketones is 1. The van der Waals surface area contributed by atoms with E-state index in [0.29, 0.717) is 0 Å². The number of nitrogens with zero attached hydrogens (tertiary/aromatic N) is 1. The number of carbonyl (C=O) groups excluding carboxylic acids is 2. The molecule has 0 aromatic carbocycles. The zero-order valence-corrected chi connectivity index (χ0v) is 9.14. The van der Waals surface area contributed by atoms with E-state index < -0.39 is 12.1 Å². The molecule has 0 aliphatic heterocycles. The summed E-state index contributed by atoms with van der Waals surface area (Å²) in [4.78, 5) is 26.9. The topological polar surface area (TPSA) is 76.5 Å². The molecule has 0 aliphatic rings. The second kappa shape index (κ2) is 5.37. The molecular weight excluding hydrogens is 210 g/mol. The first-order valence-electron chi connectivity index (χ1n) is 4.81. The number of aliphatic hydroxyl groups excluding tert-OH is 1. The molecule has 0 saturated carbocycles. The third kappa shape index (κ3) is 2.87. The Balaban J connectivity index is 3.03. The SMILES string of the molecule is COC(=O)c1cccnc1C(=O)CC(C)O. The Morgan fingerprint density at radius 1 is 1.56 bits per heavy atom. The van der Waals surface area contributed by atoms with Gasteiger partial charge >= 0.3 is 5.97 Å². The molecule has 5 nitrogen and oxygen atoms in total. The molecule has 1 unspecified atom stereocenters. The Morgan fingerprint density at radius 3 is 2.81 bits per heavy atom. The summed E-state index contributed by atoms with van der Waals surface area (Å²) >= 11 is 0. The van der Waals surface area contributed by atoms with E-state index >= 15 is 0 Å². The molecule has 1 N–H and O–H groups in total. The van der Waals surface area contributed by atoms with Crippen LogP contribution in [-0.2, 0) is 4.74 Å². The highest BCUT2D eigenvalue weighted by atomic mass is 16.5. The van der Waals surface area contributed by atoms with Crippen LogP contribution in [0.4, 0.5) is 0 Å². The normalized spacial score (nSPS) is 11.9. The fraction of sp³-hybridized carbons (Fsp3) is 0.364. The van der Waals surface area contributed by atoms with Crippen LogP contribution in [0.25, 0.3) is 0 Å². The van der Waals surface area contributed by atoms with E-state index in [4.69, 9.17) is 5.11 Å². The summed E-state index contributed by atoms with van der Waals surface area (Å²) in [5.41, 5.74) is 0.158. The molecule has 0 spiro atoms. The molecule has 1 atom stereocenters. The van der Waals surface area contributed by atoms with Crippen LogP contribution < -0.4 is 0 Å². The number of esters is 1. The summed E-state index contributed by atoms with van der Waals surface area (Å²) < 4.78 is 4.54. The summed E-state index contributed by atoms with van der Waals surface area (Å²) in [6.07, 6.45) is 0.586. The Hall–Kier alpha value is -1.75. The van der Waals surface area contributed by atoms with Crippen LogP contribution in [0.1, 0.15) is 34.2 Å². The van der Waals surface area contributed by atoms with Crippen LogP contribution in [0.15, 0.2) is 18.3 Å². The van der Waals surface area contributed by atoms with E-state index in [-0.39, 0.29) is 23.5 Å². The van der Waals surface area contributed by atoms with Crippen LogP contribution in [0, 0.1) is 0 Å². The standard InChI is InChI=1S/C11H13NO4/c1-7(13)6-9(14)10-8(11(15)16-2)4-3-5-12-10/h3-5,7,13H,6H2,1-2H3. The van der Waals surface area contributed by atoms with Crippen molar-refractivity contribution in [1.82, 2.24) is 4.98 Å². The quantitative estimate of drug-likeness (QED) is 0.604. The highest BCUT2D eigenvalue weighted by molar-refractivity contribution is 6.04. The van der Waals surface area contributed by atoms with Crippen molar-refractivity contribution in [1.29, 1.82) is 0 Å². The predicted molar refractivity (Wildman–Crippen MR) is 56.2 cm³/mol. The number of Topliss-reactive ketones (excluding diaryl/α,β-unsaturated/α-hetero) is 1. The van der Waals surface area contributed by atoms with E-state index in [9.17, 15) is 9.59 Å². The monoisotopic (exact) mass is 223 g/mol. The summed E-state index contributed by atoms with van der Waals surface area (Å²) in [7, 11) is 1.23. The van der Waals surface area contributed by atoms with Crippen LogP contribution in [-0.4, -0.2) is 35.1 Å². The second-order valence-electron chi connectivity index (χ2n) is 3.37. The summed E-state index contributed by atoms with van der Waals surface area (Å²) in [6.45, 7) is 1.50. The number of rotatable bonds is 4. The molecule has 1 aromatic rings. The number of pyridine rings is 1. The van der Waals surface area contributed by atoms with Gasteiger partial charge in [0, 0.05) is 12.6 Å². The number of ether oxygens (including phenoxy) is 1. The van der Waals surface area contributed by atoms with Gasteiger partial charge in [-0.1, -0.05) is 0 Å². The van der Waals surface area contributed by atoms with Crippen molar-refractivity contribution >= 4 is 11.8 Å². The van der Waals surface area contributed by atoms with Crippen LogP contribution in [0.5, 0.6) is 0 Å². The molecule has 0 fully saturated rings. The molecule has 0 saturated heterocycles. The number of carbonyl (C=O) groups is 2. The number of hydrogen-bond donors (Lipinski definition) is 1. The molecule has 16 heavy (non-hydrogen) atoms. The minimum Gasteiger partial charge on any atom is -0.465 e. The Bertz CT molecular complexity index is 401. The maximum atomic E-state index is 11.7. The lowest BCUT2D eigenvalue weighted by Crippen LogP contribution is -2.16. The number of hydrogen-bond acceptors (Lipinski definition) is 5. The van der Waals surface area contributed by atoms with Gasteiger partial charge in [-0.2, -0.15) is 0 Å². The molecule has 86 valence electrons. The molecule has 5 heteroatoms. The second-order valence-corrected chi connectivity index (χ2v) is 3.37. The van der Waals surface area contributed by atoms with Crippen LogP contribution >= 0.6 is 0 Å². The van der Waals surface area contributed by atoms with Gasteiger partial charge in [-0.15, -0.1) is 0 Å². The van der Waals surface area contributed by atoms with E-state index in [1.165, 1.54) is 26.3 Å². The predicted octanol–water partition coefficient (Wildman–Crippen LogP) is 0.822. The first kappa shape index (κ1) is 12.3. The van der Waals surface area contributed by atoms with Crippen molar-refractivity contribution in [3.05, 3.63) is 29.6 Å². The van der Waals surface area contributed by atoms with Crippen molar-refractivity contribution in [3.63, 3.8) is 0 Å². The van der Waals surface area contributed by atoms with Crippen molar-refractivity contribution in [2.45, 2.75) is 19.4 Å². The number of aliphatic hydroxyl groups is 1. The van der Waals surface area contributed by atoms with Gasteiger partial charge in [0.25, 0.3) is 0 Å². The molecular formula is C11H13NO4. The average Bonchev–Trinajstić information content (AvgIpc) is 2.27. The summed E-state index contributed by atoms with van der Waals surface area (Å²) in [6, 6.07) is 3.01. The van der Waals surface area contributed by atoms with Crippen LogP contribution in [0.3, 0.4) is 0 Å². The Morgan fingerprint density at radius 2 is 2.25 bits per heavy atom. The zero-order valence-electron chi connectivity index (χ0n) is 9.14. The molecule has 0 bridgehead atoms. The van der Waals surface area contributed by atoms with Gasteiger partial charge < -0.3 is 9.84 Å². The molecule has 1 aromatic heterocycles. The first-order chi connectivity index (χ1) is 7.56. The van der Waals surface area contributed by atoms with Crippen LogP contribution in [0.2, 0.25) is 0 Å². The molecule has 1 heterocycles. The molecule has 0 amide bonds. The minimum absolute atomic E-state index is 0.0373. The molecule has 0 radical (unpaired) electrons. The average molecular weight is 223 g/mol. The third-order valence-electron chi connectivity index (χ3n) is 1.96. The third-order valence-corrected chi connectivity index (χ3v) is 1.96. The van der Waals surface area contributed by atoms with Gasteiger partial charge in [0.2, 0.25) is 0 Å². The number of methoxy groups -OCH3 is 1. The highest BCUT2D eigenvalue weighted by Gasteiger charge is 2.19. The largest absolute Gasteiger partial charge is 0.465 e. The lowest BCUT2D eigenvalue weighted by Gasteiger charge is -2.06. The minimum atomic E-state index is -0.764. The van der Waals surface area contributed by atoms with Gasteiger partial charge in [-0.3, -0.25) is 9.78 Å². The first-order valence-corrected chi connectivity index (χ1v) is 4.81. The van der Waals surface area contributed by atoms with Gasteiger partial charge in [0.15, 0.2) is 5.78 Å². The zero-order chi connectivity index (χ0) is 12.1. The van der Waals surface area contributed by atoms with Gasteiger partial charge in [-0.05, 0) is 19.1 Å². The fourth-order valence-corrected chi connectivity index (χ4v) is 1.27. The van der Waals surface area contributed by atoms with E-state index in [1.807, 2.05) is 0 Å². The lowest BCUT2D eigenvalue weighted by molar-refractivity contribution is 0.0594. The Labute approximate surface area is 93.1 Å². The summed E-state index contributed by atoms with van der Waals surface area (Å²) in [5.74, 6) is -0.988. The number of aromatic nitrogens is 1. The fourth-order valence-electron chi connectivity index (χ4n) is 1.27. The van der Waals surface area contributed by atoms with Gasteiger partial charge in [0.1, 0.15) is 5.69 Å². The Kier molecular flexibility index (Phi) is 4.13. The van der Waals surface area contributed by atoms with Gasteiger partial charge in [0.05, 0.1) is 18.8 Å². The van der Waals surface area contributed by atoms with Crippen molar-refractivity contribution in [3.8, 4) is 0 Å². The van der Waals surface area contributed by atoms with E-state index in [2.05, 4.69) is 9.72 Å². The van der Waals surface area contributed by atoms with Gasteiger partial charge in [-0.25, -0.2) is 4.79 Å². The van der Waals surface area contributed by atoms with Crippen molar-refractivity contribution < 1.29 is 19.4 Å². The smallest absolute Gasteiger partial charge is 0.340 e. The summed E-state index contributed by atoms with van der Waals surface area (Å²) in [5, 5.41) is 9.11.